The second-order valence-electron chi connectivity index (χ2n) is 7.16. The van der Waals surface area contributed by atoms with Crippen LogP contribution >= 0.6 is 11.3 Å². The van der Waals surface area contributed by atoms with Gasteiger partial charge in [0.25, 0.3) is 16.1 Å². The molecule has 1 aliphatic rings. The fourth-order valence-electron chi connectivity index (χ4n) is 3.27. The molecule has 1 amide bonds. The van der Waals surface area contributed by atoms with E-state index in [1.807, 2.05) is 42.5 Å². The van der Waals surface area contributed by atoms with Crippen LogP contribution in [-0.2, 0) is 23.2 Å². The molecule has 0 saturated heterocycles. The number of aromatic nitrogens is 1. The van der Waals surface area contributed by atoms with E-state index in [2.05, 4.69) is 10.3 Å². The molecular formula is C21H22N4O3S2. The number of hydrogen-bond donors (Lipinski definition) is 1. The Labute approximate surface area is 180 Å². The van der Waals surface area contributed by atoms with Gasteiger partial charge in [0.2, 0.25) is 0 Å². The number of hydrogen-bond acceptors (Lipinski definition) is 5. The van der Waals surface area contributed by atoms with E-state index in [1.54, 1.807) is 12.1 Å². The minimum Gasteiger partial charge on any atom is -0.298 e. The monoisotopic (exact) mass is 442 g/mol. The molecule has 2 aromatic carbocycles. The van der Waals surface area contributed by atoms with E-state index in [0.717, 1.165) is 21.7 Å². The van der Waals surface area contributed by atoms with Crippen LogP contribution in [0.15, 0.2) is 54.6 Å². The van der Waals surface area contributed by atoms with Crippen LogP contribution in [0.2, 0.25) is 0 Å². The molecule has 30 heavy (non-hydrogen) atoms. The zero-order chi connectivity index (χ0) is 21.3. The maximum absolute atomic E-state index is 12.6. The average Bonchev–Trinajstić information content (AvgIpc) is 3.15. The lowest BCUT2D eigenvalue weighted by molar-refractivity contribution is 0.102. The summed E-state index contributed by atoms with van der Waals surface area (Å²) in [5.41, 5.74) is 3.52. The Morgan fingerprint density at radius 2 is 1.73 bits per heavy atom. The van der Waals surface area contributed by atoms with Gasteiger partial charge in [0.05, 0.1) is 12.2 Å². The second kappa shape index (κ2) is 8.27. The number of carbonyl (C=O) groups excluding carboxylic acids is 1. The van der Waals surface area contributed by atoms with Crippen LogP contribution in [0.5, 0.6) is 0 Å². The molecule has 0 atom stereocenters. The van der Waals surface area contributed by atoms with Crippen LogP contribution in [0, 0.1) is 0 Å². The third-order valence-electron chi connectivity index (χ3n) is 4.96. The van der Waals surface area contributed by atoms with Gasteiger partial charge < -0.3 is 0 Å². The standard InChI is InChI=1S/C21H22N4O3S2/c1-24(2)30(27,28)25-13-12-18-19(14-25)29-21(22-18)23-20(26)17-10-8-16(9-11-17)15-6-4-3-5-7-15/h3-11H,12-14H2,1-2H3,(H,22,23,26). The summed E-state index contributed by atoms with van der Waals surface area (Å²) in [6, 6.07) is 17.4. The third-order valence-corrected chi connectivity index (χ3v) is 7.84. The molecule has 0 fully saturated rings. The molecule has 4 rings (SSSR count). The van der Waals surface area contributed by atoms with E-state index in [4.69, 9.17) is 0 Å². The van der Waals surface area contributed by atoms with Gasteiger partial charge in [-0.15, -0.1) is 11.3 Å². The second-order valence-corrected chi connectivity index (χ2v) is 10.4. The molecule has 156 valence electrons. The van der Waals surface area contributed by atoms with Crippen molar-refractivity contribution in [2.45, 2.75) is 13.0 Å². The summed E-state index contributed by atoms with van der Waals surface area (Å²) in [5.74, 6) is -0.238. The van der Waals surface area contributed by atoms with E-state index in [1.165, 1.54) is 34.0 Å². The van der Waals surface area contributed by atoms with Crippen molar-refractivity contribution >= 4 is 32.6 Å². The maximum atomic E-state index is 12.6. The molecule has 3 aromatic rings. The Hall–Kier alpha value is -2.59. The first-order chi connectivity index (χ1) is 14.3. The number of amides is 1. The molecule has 1 aromatic heterocycles. The molecule has 0 unspecified atom stereocenters. The molecule has 1 N–H and O–H groups in total. The van der Waals surface area contributed by atoms with Crippen molar-refractivity contribution in [3.63, 3.8) is 0 Å². The lowest BCUT2D eigenvalue weighted by atomic mass is 10.0. The lowest BCUT2D eigenvalue weighted by Crippen LogP contribution is -2.42. The zero-order valence-electron chi connectivity index (χ0n) is 16.7. The van der Waals surface area contributed by atoms with Crippen LogP contribution in [0.3, 0.4) is 0 Å². The van der Waals surface area contributed by atoms with Gasteiger partial charge in [-0.05, 0) is 23.3 Å². The highest BCUT2D eigenvalue weighted by atomic mass is 32.2. The Bertz CT molecular complexity index is 1160. The molecule has 0 aliphatic carbocycles. The quantitative estimate of drug-likeness (QED) is 0.658. The molecular weight excluding hydrogens is 420 g/mol. The van der Waals surface area contributed by atoms with E-state index < -0.39 is 10.2 Å². The Balaban J connectivity index is 1.46. The van der Waals surface area contributed by atoms with Gasteiger partial charge in [0.1, 0.15) is 0 Å². The molecule has 2 heterocycles. The van der Waals surface area contributed by atoms with Gasteiger partial charge in [0, 0.05) is 37.5 Å². The number of benzene rings is 2. The number of anilines is 1. The first-order valence-electron chi connectivity index (χ1n) is 9.47. The summed E-state index contributed by atoms with van der Waals surface area (Å²) < 4.78 is 27.4. The number of fused-ring (bicyclic) bond motifs is 1. The number of thiazole rings is 1. The molecule has 1 aliphatic heterocycles. The fourth-order valence-corrected chi connectivity index (χ4v) is 5.44. The molecule has 9 heteroatoms. The first-order valence-corrected chi connectivity index (χ1v) is 11.7. The summed E-state index contributed by atoms with van der Waals surface area (Å²) in [6.45, 7) is 0.654. The Morgan fingerprint density at radius 1 is 1.07 bits per heavy atom. The zero-order valence-corrected chi connectivity index (χ0v) is 18.3. The van der Waals surface area contributed by atoms with Crippen molar-refractivity contribution in [1.29, 1.82) is 0 Å². The van der Waals surface area contributed by atoms with Crippen molar-refractivity contribution < 1.29 is 13.2 Å². The summed E-state index contributed by atoms with van der Waals surface area (Å²) in [4.78, 5) is 18.0. The summed E-state index contributed by atoms with van der Waals surface area (Å²) >= 11 is 1.32. The molecule has 7 nitrogen and oxygen atoms in total. The molecule has 0 bridgehead atoms. The Morgan fingerprint density at radius 3 is 2.40 bits per heavy atom. The minimum atomic E-state index is -3.47. The topological polar surface area (TPSA) is 82.6 Å². The largest absolute Gasteiger partial charge is 0.298 e. The minimum absolute atomic E-state index is 0.238. The van der Waals surface area contributed by atoms with Gasteiger partial charge in [-0.25, -0.2) is 4.98 Å². The number of rotatable bonds is 5. The van der Waals surface area contributed by atoms with Crippen molar-refractivity contribution in [3.8, 4) is 11.1 Å². The van der Waals surface area contributed by atoms with Crippen molar-refractivity contribution in [2.75, 3.05) is 26.0 Å². The van der Waals surface area contributed by atoms with Gasteiger partial charge in [-0.2, -0.15) is 17.0 Å². The van der Waals surface area contributed by atoms with E-state index in [-0.39, 0.29) is 12.5 Å². The van der Waals surface area contributed by atoms with Crippen LogP contribution < -0.4 is 5.32 Å². The fraction of sp³-hybridized carbons (Fsp3) is 0.238. The highest BCUT2D eigenvalue weighted by molar-refractivity contribution is 7.86. The number of carbonyl (C=O) groups is 1. The lowest BCUT2D eigenvalue weighted by Gasteiger charge is -2.27. The molecule has 0 spiro atoms. The van der Waals surface area contributed by atoms with Crippen molar-refractivity contribution in [3.05, 3.63) is 70.7 Å². The van der Waals surface area contributed by atoms with E-state index >= 15 is 0 Å². The normalized spacial score (nSPS) is 14.5. The third kappa shape index (κ3) is 4.15. The summed E-state index contributed by atoms with van der Waals surface area (Å²) in [5, 5.41) is 3.33. The first kappa shape index (κ1) is 20.7. The van der Waals surface area contributed by atoms with Crippen LogP contribution in [-0.4, -0.2) is 48.6 Å². The van der Waals surface area contributed by atoms with Gasteiger partial charge >= 0.3 is 0 Å². The average molecular weight is 443 g/mol. The summed E-state index contributed by atoms with van der Waals surface area (Å²) in [6.07, 6.45) is 0.528. The predicted octanol–water partition coefficient (Wildman–Crippen LogP) is 3.23. The smallest absolute Gasteiger partial charge is 0.281 e. The van der Waals surface area contributed by atoms with E-state index in [0.29, 0.717) is 23.7 Å². The Kier molecular flexibility index (Phi) is 5.70. The van der Waals surface area contributed by atoms with Crippen LogP contribution in [0.1, 0.15) is 20.9 Å². The molecule has 0 saturated carbocycles. The van der Waals surface area contributed by atoms with Crippen molar-refractivity contribution in [2.24, 2.45) is 0 Å². The van der Waals surface area contributed by atoms with Gasteiger partial charge in [-0.3, -0.25) is 10.1 Å². The number of nitrogens with one attached hydrogen (secondary N) is 1. The highest BCUT2D eigenvalue weighted by Gasteiger charge is 2.30. The van der Waals surface area contributed by atoms with Crippen LogP contribution in [0.4, 0.5) is 5.13 Å². The SMILES string of the molecule is CN(C)S(=O)(=O)N1CCc2nc(NC(=O)c3ccc(-c4ccccc4)cc3)sc2C1. The van der Waals surface area contributed by atoms with Gasteiger partial charge in [-0.1, -0.05) is 42.5 Å². The molecule has 0 radical (unpaired) electrons. The maximum Gasteiger partial charge on any atom is 0.281 e. The number of nitrogens with zero attached hydrogens (tertiary/aromatic N) is 3. The van der Waals surface area contributed by atoms with Crippen LogP contribution in [0.25, 0.3) is 11.1 Å². The summed E-state index contributed by atoms with van der Waals surface area (Å²) in [7, 11) is -0.428. The highest BCUT2D eigenvalue weighted by Crippen LogP contribution is 2.30. The van der Waals surface area contributed by atoms with E-state index in [9.17, 15) is 13.2 Å². The predicted molar refractivity (Wildman–Crippen MR) is 119 cm³/mol. The van der Waals surface area contributed by atoms with Crippen molar-refractivity contribution in [1.82, 2.24) is 13.6 Å². The van der Waals surface area contributed by atoms with Gasteiger partial charge in [0.15, 0.2) is 5.13 Å².